The van der Waals surface area contributed by atoms with Crippen molar-refractivity contribution in [3.63, 3.8) is 0 Å². The second kappa shape index (κ2) is 6.96. The maximum atomic E-state index is 12.7. The van der Waals surface area contributed by atoms with E-state index in [0.29, 0.717) is 0 Å². The van der Waals surface area contributed by atoms with Crippen LogP contribution in [0.1, 0.15) is 18.9 Å². The lowest BCUT2D eigenvalue weighted by molar-refractivity contribution is -0.141. The molecule has 0 fully saturated rings. The molecule has 8 heteroatoms. The zero-order chi connectivity index (χ0) is 16.0. The lowest BCUT2D eigenvalue weighted by atomic mass is 10.1. The van der Waals surface area contributed by atoms with E-state index in [1.54, 1.807) is 0 Å². The second-order valence-corrected chi connectivity index (χ2v) is 4.45. The van der Waals surface area contributed by atoms with Crippen molar-refractivity contribution in [2.24, 2.45) is 5.92 Å². The van der Waals surface area contributed by atoms with E-state index < -0.39 is 29.7 Å². The molecule has 1 atom stereocenters. The monoisotopic (exact) mass is 304 g/mol. The molecule has 0 aromatic heterocycles. The fraction of sp³-hybridized carbons (Fsp3) is 0.385. The first-order valence-electron chi connectivity index (χ1n) is 6.15. The van der Waals surface area contributed by atoms with E-state index in [9.17, 15) is 22.8 Å². The van der Waals surface area contributed by atoms with Crippen molar-refractivity contribution < 1.29 is 27.9 Å². The highest BCUT2D eigenvalue weighted by molar-refractivity contribution is 5.90. The SMILES string of the molecule is CC(CCNC(=O)Nc1ccccc1C(F)(F)F)C(=O)O. The van der Waals surface area contributed by atoms with Crippen LogP contribution in [0.4, 0.5) is 23.7 Å². The third-order valence-electron chi connectivity index (χ3n) is 2.77. The van der Waals surface area contributed by atoms with Crippen molar-refractivity contribution >= 4 is 17.7 Å². The Balaban J connectivity index is 2.58. The minimum Gasteiger partial charge on any atom is -0.481 e. The lowest BCUT2D eigenvalue weighted by Crippen LogP contribution is -2.31. The van der Waals surface area contributed by atoms with Gasteiger partial charge in [-0.3, -0.25) is 4.79 Å². The number of carbonyl (C=O) groups is 2. The Morgan fingerprint density at radius 2 is 1.90 bits per heavy atom. The van der Waals surface area contributed by atoms with Crippen LogP contribution in [-0.2, 0) is 11.0 Å². The minimum atomic E-state index is -4.57. The number of nitrogens with one attached hydrogen (secondary N) is 2. The smallest absolute Gasteiger partial charge is 0.418 e. The van der Waals surface area contributed by atoms with Crippen LogP contribution in [0.5, 0.6) is 0 Å². The van der Waals surface area contributed by atoms with Gasteiger partial charge >= 0.3 is 18.2 Å². The summed E-state index contributed by atoms with van der Waals surface area (Å²) in [6.45, 7) is 1.52. The first kappa shape index (κ1) is 16.8. The number of halogens is 3. The molecule has 1 aromatic rings. The Bertz CT molecular complexity index is 518. The number of carboxylic acid groups (broad SMARTS) is 1. The van der Waals surface area contributed by atoms with E-state index in [4.69, 9.17) is 5.11 Å². The number of benzene rings is 1. The molecule has 0 radical (unpaired) electrons. The summed E-state index contributed by atoms with van der Waals surface area (Å²) in [6.07, 6.45) is -4.38. The quantitative estimate of drug-likeness (QED) is 0.782. The topological polar surface area (TPSA) is 78.4 Å². The normalized spacial score (nSPS) is 12.6. The number of para-hydroxylation sites is 1. The lowest BCUT2D eigenvalue weighted by Gasteiger charge is -2.14. The van der Waals surface area contributed by atoms with Crippen molar-refractivity contribution in [3.05, 3.63) is 29.8 Å². The predicted octanol–water partition coefficient (Wildman–Crippen LogP) is 2.94. The summed E-state index contributed by atoms with van der Waals surface area (Å²) in [7, 11) is 0. The minimum absolute atomic E-state index is 0.0491. The zero-order valence-corrected chi connectivity index (χ0v) is 11.2. The number of hydrogen-bond acceptors (Lipinski definition) is 2. The third-order valence-corrected chi connectivity index (χ3v) is 2.77. The maximum Gasteiger partial charge on any atom is 0.418 e. The van der Waals surface area contributed by atoms with Gasteiger partial charge in [0.05, 0.1) is 17.2 Å². The molecule has 2 amide bonds. The molecule has 0 spiro atoms. The average Bonchev–Trinajstić information content (AvgIpc) is 2.37. The standard InChI is InChI=1S/C13H15F3N2O3/c1-8(11(19)20)6-7-17-12(21)18-10-5-3-2-4-9(10)13(14,15)16/h2-5,8H,6-7H2,1H3,(H,19,20)(H2,17,18,21). The number of hydrogen-bond donors (Lipinski definition) is 3. The van der Waals surface area contributed by atoms with Gasteiger partial charge in [0.15, 0.2) is 0 Å². The molecule has 0 bridgehead atoms. The number of aliphatic carboxylic acids is 1. The fourth-order valence-corrected chi connectivity index (χ4v) is 1.53. The number of anilines is 1. The molecule has 3 N–H and O–H groups in total. The molecule has 0 heterocycles. The van der Waals surface area contributed by atoms with Gasteiger partial charge in [-0.05, 0) is 18.6 Å². The molecule has 0 saturated carbocycles. The number of amides is 2. The van der Waals surface area contributed by atoms with Gasteiger partial charge in [0.2, 0.25) is 0 Å². The molecule has 1 rings (SSSR count). The second-order valence-electron chi connectivity index (χ2n) is 4.45. The summed E-state index contributed by atoms with van der Waals surface area (Å²) in [5, 5.41) is 13.1. The van der Waals surface area contributed by atoms with Gasteiger partial charge in [-0.1, -0.05) is 19.1 Å². The van der Waals surface area contributed by atoms with Crippen molar-refractivity contribution in [2.45, 2.75) is 19.5 Å². The van der Waals surface area contributed by atoms with Crippen molar-refractivity contribution in [3.8, 4) is 0 Å². The summed E-state index contributed by atoms with van der Waals surface area (Å²) in [4.78, 5) is 22.1. The van der Waals surface area contributed by atoms with Crippen LogP contribution in [0.2, 0.25) is 0 Å². The van der Waals surface area contributed by atoms with Crippen LogP contribution < -0.4 is 10.6 Å². The third kappa shape index (κ3) is 5.33. The van der Waals surface area contributed by atoms with Gasteiger partial charge in [-0.15, -0.1) is 0 Å². The van der Waals surface area contributed by atoms with Crippen LogP contribution >= 0.6 is 0 Å². The summed E-state index contributed by atoms with van der Waals surface area (Å²) in [6, 6.07) is 3.78. The Kier molecular flexibility index (Phi) is 5.57. The van der Waals surface area contributed by atoms with Gasteiger partial charge in [-0.2, -0.15) is 13.2 Å². The number of carboxylic acids is 1. The van der Waals surface area contributed by atoms with E-state index in [1.807, 2.05) is 0 Å². The van der Waals surface area contributed by atoms with E-state index in [1.165, 1.54) is 19.1 Å². The van der Waals surface area contributed by atoms with Gasteiger partial charge in [0, 0.05) is 6.54 Å². The van der Waals surface area contributed by atoms with E-state index in [-0.39, 0.29) is 18.7 Å². The molecular formula is C13H15F3N2O3. The molecule has 0 aliphatic carbocycles. The molecule has 0 aliphatic heterocycles. The highest BCUT2D eigenvalue weighted by atomic mass is 19.4. The fourth-order valence-electron chi connectivity index (χ4n) is 1.53. The van der Waals surface area contributed by atoms with E-state index in [0.717, 1.165) is 12.1 Å². The Hall–Kier alpha value is -2.25. The molecular weight excluding hydrogens is 289 g/mol. The van der Waals surface area contributed by atoms with Gasteiger partial charge in [0.1, 0.15) is 0 Å². The predicted molar refractivity (Wildman–Crippen MR) is 69.9 cm³/mol. The summed E-state index contributed by atoms with van der Waals surface area (Å²) < 4.78 is 38.1. The van der Waals surface area contributed by atoms with Gasteiger partial charge in [0.25, 0.3) is 0 Å². The van der Waals surface area contributed by atoms with Crippen molar-refractivity contribution in [1.82, 2.24) is 5.32 Å². The first-order valence-corrected chi connectivity index (χ1v) is 6.15. The van der Waals surface area contributed by atoms with Crippen LogP contribution in [0.15, 0.2) is 24.3 Å². The van der Waals surface area contributed by atoms with Crippen molar-refractivity contribution in [1.29, 1.82) is 0 Å². The van der Waals surface area contributed by atoms with Crippen LogP contribution in [0, 0.1) is 5.92 Å². The van der Waals surface area contributed by atoms with Crippen LogP contribution in [-0.4, -0.2) is 23.7 Å². The van der Waals surface area contributed by atoms with Gasteiger partial charge < -0.3 is 15.7 Å². The Morgan fingerprint density at radius 1 is 1.29 bits per heavy atom. The molecule has 21 heavy (non-hydrogen) atoms. The number of alkyl halides is 3. The number of rotatable bonds is 5. The largest absolute Gasteiger partial charge is 0.481 e. The molecule has 1 unspecified atom stereocenters. The Morgan fingerprint density at radius 3 is 2.48 bits per heavy atom. The van der Waals surface area contributed by atoms with E-state index >= 15 is 0 Å². The summed E-state index contributed by atoms with van der Waals surface area (Å²) in [5.41, 5.74) is -1.30. The first-order chi connectivity index (χ1) is 9.71. The maximum absolute atomic E-state index is 12.7. The summed E-state index contributed by atoms with van der Waals surface area (Å²) >= 11 is 0. The summed E-state index contributed by atoms with van der Waals surface area (Å²) in [5.74, 6) is -1.65. The number of carbonyl (C=O) groups excluding carboxylic acids is 1. The molecule has 0 saturated heterocycles. The zero-order valence-electron chi connectivity index (χ0n) is 11.2. The highest BCUT2D eigenvalue weighted by Gasteiger charge is 2.33. The molecule has 1 aromatic carbocycles. The highest BCUT2D eigenvalue weighted by Crippen LogP contribution is 2.34. The average molecular weight is 304 g/mol. The molecule has 116 valence electrons. The van der Waals surface area contributed by atoms with E-state index in [2.05, 4.69) is 10.6 Å². The molecule has 5 nitrogen and oxygen atoms in total. The Labute approximate surface area is 119 Å². The number of urea groups is 1. The van der Waals surface area contributed by atoms with Gasteiger partial charge in [-0.25, -0.2) is 4.79 Å². The van der Waals surface area contributed by atoms with Crippen LogP contribution in [0.25, 0.3) is 0 Å². The molecule has 0 aliphatic rings. The van der Waals surface area contributed by atoms with Crippen molar-refractivity contribution in [2.75, 3.05) is 11.9 Å². The van der Waals surface area contributed by atoms with Crippen LogP contribution in [0.3, 0.4) is 0 Å².